The number of benzene rings is 3. The van der Waals surface area contributed by atoms with Crippen LogP contribution in [0.2, 0.25) is 5.02 Å². The van der Waals surface area contributed by atoms with Crippen LogP contribution in [0.15, 0.2) is 84.9 Å². The summed E-state index contributed by atoms with van der Waals surface area (Å²) in [7, 11) is 0. The summed E-state index contributed by atoms with van der Waals surface area (Å²) >= 11 is 5.54. The zero-order valence-electron chi connectivity index (χ0n) is 10.9. The second-order valence-electron chi connectivity index (χ2n) is 4.18. The van der Waals surface area contributed by atoms with Crippen molar-refractivity contribution >= 4 is 11.6 Å². The van der Waals surface area contributed by atoms with E-state index in [4.69, 9.17) is 11.6 Å². The van der Waals surface area contributed by atoms with Crippen LogP contribution in [0.4, 0.5) is 0 Å². The Bertz CT molecular complexity index is 636. The van der Waals surface area contributed by atoms with E-state index in [-0.39, 0.29) is 0 Å². The molecule has 0 fully saturated rings. The molecule has 3 rings (SSSR count). The topological polar surface area (TPSA) is 20.2 Å². The van der Waals surface area contributed by atoms with Gasteiger partial charge >= 0.3 is 0 Å². The van der Waals surface area contributed by atoms with Crippen LogP contribution in [0.25, 0.3) is 11.1 Å². The Hall–Kier alpha value is -2.25. The molecule has 0 amide bonds. The molecule has 3 aromatic rings. The van der Waals surface area contributed by atoms with Gasteiger partial charge in [0.2, 0.25) is 0 Å². The van der Waals surface area contributed by atoms with Crippen molar-refractivity contribution in [3.8, 4) is 16.9 Å². The largest absolute Gasteiger partial charge is 0.507 e. The molecule has 0 aromatic heterocycles. The monoisotopic (exact) mass is 282 g/mol. The molecule has 0 saturated carbocycles. The van der Waals surface area contributed by atoms with Gasteiger partial charge in [-0.2, -0.15) is 0 Å². The smallest absolute Gasteiger partial charge is 0.123 e. The molecule has 2 heteroatoms. The summed E-state index contributed by atoms with van der Waals surface area (Å²) in [6, 6.07) is 26.6. The van der Waals surface area contributed by atoms with Crippen LogP contribution >= 0.6 is 11.6 Å². The Morgan fingerprint density at radius 1 is 0.600 bits per heavy atom. The van der Waals surface area contributed by atoms with E-state index in [9.17, 15) is 5.11 Å². The number of aromatic hydroxyl groups is 1. The maximum Gasteiger partial charge on any atom is 0.123 e. The second kappa shape index (κ2) is 7.37. The fourth-order valence-electron chi connectivity index (χ4n) is 1.75. The molecule has 100 valence electrons. The molecule has 0 saturated heterocycles. The lowest BCUT2D eigenvalue weighted by Crippen LogP contribution is -1.76. The Labute approximate surface area is 124 Å². The van der Waals surface area contributed by atoms with E-state index in [2.05, 4.69) is 0 Å². The van der Waals surface area contributed by atoms with Crippen molar-refractivity contribution in [1.29, 1.82) is 0 Å². The van der Waals surface area contributed by atoms with E-state index >= 15 is 0 Å². The van der Waals surface area contributed by atoms with Crippen LogP contribution in [0.5, 0.6) is 5.75 Å². The van der Waals surface area contributed by atoms with Crippen molar-refractivity contribution in [2.45, 2.75) is 0 Å². The Kier molecular flexibility index (Phi) is 5.22. The number of phenols is 1. The SMILES string of the molecule is Clc1ccccc1.Oc1ccccc1-c1ccccc1. The molecule has 0 unspecified atom stereocenters. The highest BCUT2D eigenvalue weighted by atomic mass is 35.5. The Morgan fingerprint density at radius 3 is 1.60 bits per heavy atom. The summed E-state index contributed by atoms with van der Waals surface area (Å²) in [5.74, 6) is 0.328. The lowest BCUT2D eigenvalue weighted by atomic mass is 10.1. The van der Waals surface area contributed by atoms with Gasteiger partial charge in [-0.25, -0.2) is 0 Å². The van der Waals surface area contributed by atoms with Crippen LogP contribution in [0.1, 0.15) is 0 Å². The quantitative estimate of drug-likeness (QED) is 0.633. The summed E-state index contributed by atoms with van der Waals surface area (Å²) < 4.78 is 0. The highest BCUT2D eigenvalue weighted by Crippen LogP contribution is 2.27. The highest BCUT2D eigenvalue weighted by Gasteiger charge is 2.00. The summed E-state index contributed by atoms with van der Waals surface area (Å²) in [6.45, 7) is 0. The van der Waals surface area contributed by atoms with Crippen molar-refractivity contribution in [3.05, 3.63) is 90.0 Å². The molecule has 3 aromatic carbocycles. The number of halogens is 1. The van der Waals surface area contributed by atoms with E-state index < -0.39 is 0 Å². The van der Waals surface area contributed by atoms with Gasteiger partial charge in [0.15, 0.2) is 0 Å². The molecule has 0 aliphatic heterocycles. The van der Waals surface area contributed by atoms with Gasteiger partial charge in [-0.05, 0) is 23.8 Å². The summed E-state index contributed by atoms with van der Waals surface area (Å²) in [5.41, 5.74) is 1.92. The van der Waals surface area contributed by atoms with E-state index in [1.807, 2.05) is 78.9 Å². The first-order valence-electron chi connectivity index (χ1n) is 6.31. The number of hydrogen-bond donors (Lipinski definition) is 1. The van der Waals surface area contributed by atoms with E-state index in [0.717, 1.165) is 16.1 Å². The lowest BCUT2D eigenvalue weighted by molar-refractivity contribution is 0.477. The average molecular weight is 283 g/mol. The zero-order chi connectivity index (χ0) is 14.2. The van der Waals surface area contributed by atoms with E-state index in [0.29, 0.717) is 5.75 Å². The first-order valence-corrected chi connectivity index (χ1v) is 6.69. The van der Waals surface area contributed by atoms with Gasteiger partial charge in [0.1, 0.15) is 5.75 Å². The standard InChI is InChI=1S/C12H10O.C6H5Cl/c13-12-9-5-4-8-11(12)10-6-2-1-3-7-10;7-6-4-2-1-3-5-6/h1-9,13H;1-5H. The summed E-state index contributed by atoms with van der Waals surface area (Å²) in [4.78, 5) is 0. The molecule has 0 spiro atoms. The second-order valence-corrected chi connectivity index (χ2v) is 4.62. The fraction of sp³-hybridized carbons (Fsp3) is 0. The minimum absolute atomic E-state index is 0.328. The number of rotatable bonds is 1. The highest BCUT2D eigenvalue weighted by molar-refractivity contribution is 6.30. The third-order valence-electron chi connectivity index (χ3n) is 2.72. The van der Waals surface area contributed by atoms with Gasteiger partial charge in [-0.15, -0.1) is 0 Å². The first-order chi connectivity index (χ1) is 9.77. The maximum atomic E-state index is 9.56. The summed E-state index contributed by atoms with van der Waals surface area (Å²) in [5, 5.41) is 10.4. The minimum Gasteiger partial charge on any atom is -0.507 e. The fourth-order valence-corrected chi connectivity index (χ4v) is 1.90. The molecule has 1 N–H and O–H groups in total. The lowest BCUT2D eigenvalue weighted by Gasteiger charge is -2.02. The van der Waals surface area contributed by atoms with Gasteiger partial charge < -0.3 is 5.11 Å². The molecule has 0 aliphatic rings. The van der Waals surface area contributed by atoms with Crippen LogP contribution < -0.4 is 0 Å². The van der Waals surface area contributed by atoms with Gasteiger partial charge in [0.05, 0.1) is 0 Å². The Morgan fingerprint density at radius 2 is 1.10 bits per heavy atom. The molecule has 0 aliphatic carbocycles. The predicted octanol–water partition coefficient (Wildman–Crippen LogP) is 5.40. The molecule has 0 radical (unpaired) electrons. The Balaban J connectivity index is 0.000000178. The van der Waals surface area contributed by atoms with Gasteiger partial charge in [0.25, 0.3) is 0 Å². The molecule has 20 heavy (non-hydrogen) atoms. The molecule has 0 bridgehead atoms. The number of phenolic OH excluding ortho intramolecular Hbond substituents is 1. The predicted molar refractivity (Wildman–Crippen MR) is 85.0 cm³/mol. The number of para-hydroxylation sites is 1. The van der Waals surface area contributed by atoms with E-state index in [1.165, 1.54) is 0 Å². The van der Waals surface area contributed by atoms with Gasteiger partial charge in [-0.1, -0.05) is 78.3 Å². The molecular formula is C18H15ClO. The van der Waals surface area contributed by atoms with Crippen molar-refractivity contribution in [3.63, 3.8) is 0 Å². The maximum absolute atomic E-state index is 9.56. The third kappa shape index (κ3) is 4.15. The van der Waals surface area contributed by atoms with Crippen LogP contribution in [0, 0.1) is 0 Å². The normalized spacial score (nSPS) is 9.45. The molecule has 0 atom stereocenters. The zero-order valence-corrected chi connectivity index (χ0v) is 11.7. The molecular weight excluding hydrogens is 268 g/mol. The van der Waals surface area contributed by atoms with Crippen LogP contribution in [0.3, 0.4) is 0 Å². The van der Waals surface area contributed by atoms with Crippen molar-refractivity contribution < 1.29 is 5.11 Å². The van der Waals surface area contributed by atoms with Crippen LogP contribution in [-0.4, -0.2) is 5.11 Å². The van der Waals surface area contributed by atoms with Crippen molar-refractivity contribution in [2.24, 2.45) is 0 Å². The number of hydrogen-bond acceptors (Lipinski definition) is 1. The first kappa shape index (κ1) is 14.2. The van der Waals surface area contributed by atoms with Crippen molar-refractivity contribution in [2.75, 3.05) is 0 Å². The molecule has 1 nitrogen and oxygen atoms in total. The minimum atomic E-state index is 0.328. The summed E-state index contributed by atoms with van der Waals surface area (Å²) in [6.07, 6.45) is 0. The van der Waals surface area contributed by atoms with Gasteiger partial charge in [-0.3, -0.25) is 0 Å². The average Bonchev–Trinajstić information content (AvgIpc) is 2.50. The van der Waals surface area contributed by atoms with E-state index in [1.54, 1.807) is 6.07 Å². The van der Waals surface area contributed by atoms with Crippen molar-refractivity contribution in [1.82, 2.24) is 0 Å². The third-order valence-corrected chi connectivity index (χ3v) is 2.97. The molecule has 0 heterocycles. The van der Waals surface area contributed by atoms with Crippen LogP contribution in [-0.2, 0) is 0 Å². The van der Waals surface area contributed by atoms with Gasteiger partial charge in [0, 0.05) is 10.6 Å².